The average Bonchev–Trinajstić information content (AvgIpc) is 2.58. The third-order valence-electron chi connectivity index (χ3n) is 3.68. The predicted molar refractivity (Wildman–Crippen MR) is 88.5 cm³/mol. The van der Waals surface area contributed by atoms with Crippen LogP contribution in [0.5, 0.6) is 5.75 Å². The monoisotopic (exact) mass is 375 g/mol. The van der Waals surface area contributed by atoms with Gasteiger partial charge in [-0.1, -0.05) is 13.3 Å². The van der Waals surface area contributed by atoms with E-state index in [1.165, 1.54) is 12.1 Å². The number of nitrogens with one attached hydrogen (secondary N) is 1. The van der Waals surface area contributed by atoms with Crippen LogP contribution in [0.1, 0.15) is 25.3 Å². The van der Waals surface area contributed by atoms with Crippen molar-refractivity contribution in [3.05, 3.63) is 40.2 Å². The van der Waals surface area contributed by atoms with Crippen molar-refractivity contribution in [2.24, 2.45) is 0 Å². The highest BCUT2D eigenvalue weighted by atomic mass is 16.5. The molecule has 9 heteroatoms. The third-order valence-corrected chi connectivity index (χ3v) is 3.68. The zero-order valence-corrected chi connectivity index (χ0v) is 14.5. The predicted octanol–water partition coefficient (Wildman–Crippen LogP) is -1.50. The molecule has 0 spiro atoms. The summed E-state index contributed by atoms with van der Waals surface area (Å²) in [7, 11) is 0. The van der Waals surface area contributed by atoms with Gasteiger partial charge in [0.2, 0.25) is 0 Å². The Balaban J connectivity index is 2.08. The molecule has 1 atom stereocenters. The minimum atomic E-state index is -1.75. The molecular formula is C18H17NO8-2. The Kier molecular flexibility index (Phi) is 6.53. The van der Waals surface area contributed by atoms with Crippen molar-refractivity contribution >= 4 is 28.8 Å². The number of aryl methyl sites for hydroxylation is 1. The van der Waals surface area contributed by atoms with Gasteiger partial charge in [0.25, 0.3) is 5.91 Å². The number of aliphatic carboxylic acids is 2. The number of carbonyl (C=O) groups excluding carboxylic acids is 3. The molecular weight excluding hydrogens is 358 g/mol. The maximum absolute atomic E-state index is 11.8. The zero-order chi connectivity index (χ0) is 20.0. The number of amides is 1. The molecule has 1 aromatic heterocycles. The Morgan fingerprint density at radius 3 is 2.59 bits per heavy atom. The number of carboxylic acid groups (broad SMARTS) is 2. The molecule has 1 heterocycles. The molecule has 2 rings (SSSR count). The highest BCUT2D eigenvalue weighted by Crippen LogP contribution is 2.23. The Morgan fingerprint density at radius 2 is 1.96 bits per heavy atom. The van der Waals surface area contributed by atoms with Crippen LogP contribution in [0.25, 0.3) is 11.0 Å². The second-order valence-corrected chi connectivity index (χ2v) is 5.80. The largest absolute Gasteiger partial charge is 0.550 e. The Labute approximate surface area is 153 Å². The Morgan fingerprint density at radius 1 is 1.22 bits per heavy atom. The van der Waals surface area contributed by atoms with Gasteiger partial charge in [0, 0.05) is 29.9 Å². The molecule has 0 aliphatic rings. The van der Waals surface area contributed by atoms with Crippen LogP contribution in [0.2, 0.25) is 0 Å². The maximum atomic E-state index is 11.8. The summed E-state index contributed by atoms with van der Waals surface area (Å²) >= 11 is 0. The Hall–Kier alpha value is -3.36. The van der Waals surface area contributed by atoms with Crippen molar-refractivity contribution in [2.75, 3.05) is 6.61 Å². The first-order chi connectivity index (χ1) is 12.8. The lowest BCUT2D eigenvalue weighted by Gasteiger charge is -2.20. The SMILES string of the molecule is CCCc1cc(=O)oc2cc(OCC(=O)N[C@@H](CC(=O)[O-])C(=O)[O-])ccc12. The molecule has 0 saturated carbocycles. The van der Waals surface area contributed by atoms with Gasteiger partial charge < -0.3 is 34.3 Å². The first-order valence-corrected chi connectivity index (χ1v) is 8.19. The van der Waals surface area contributed by atoms with Crippen LogP contribution in [0.4, 0.5) is 0 Å². The normalized spacial score (nSPS) is 11.7. The van der Waals surface area contributed by atoms with E-state index in [2.05, 4.69) is 0 Å². The van der Waals surface area contributed by atoms with Crippen LogP contribution in [0.3, 0.4) is 0 Å². The summed E-state index contributed by atoms with van der Waals surface area (Å²) in [6.45, 7) is 1.41. The van der Waals surface area contributed by atoms with Crippen molar-refractivity contribution < 1.29 is 33.8 Å². The molecule has 0 bridgehead atoms. The van der Waals surface area contributed by atoms with E-state index in [0.717, 1.165) is 17.4 Å². The molecule has 1 amide bonds. The van der Waals surface area contributed by atoms with Gasteiger partial charge in [0.1, 0.15) is 11.3 Å². The van der Waals surface area contributed by atoms with Crippen LogP contribution >= 0.6 is 0 Å². The van der Waals surface area contributed by atoms with Crippen LogP contribution in [-0.4, -0.2) is 30.5 Å². The number of fused-ring (bicyclic) bond motifs is 1. The number of hydrogen-bond donors (Lipinski definition) is 1. The summed E-state index contributed by atoms with van der Waals surface area (Å²) in [5, 5.41) is 24.0. The summed E-state index contributed by atoms with van der Waals surface area (Å²) in [6, 6.07) is 4.41. The minimum absolute atomic E-state index is 0.222. The van der Waals surface area contributed by atoms with Gasteiger partial charge in [-0.2, -0.15) is 0 Å². The van der Waals surface area contributed by atoms with Crippen LogP contribution < -0.4 is 25.9 Å². The fourth-order valence-electron chi connectivity index (χ4n) is 2.52. The number of benzene rings is 1. The fraction of sp³-hybridized carbons (Fsp3) is 0.333. The molecule has 2 aromatic rings. The minimum Gasteiger partial charge on any atom is -0.550 e. The molecule has 144 valence electrons. The second kappa shape index (κ2) is 8.84. The van der Waals surface area contributed by atoms with E-state index < -0.39 is 42.5 Å². The highest BCUT2D eigenvalue weighted by Gasteiger charge is 2.14. The van der Waals surface area contributed by atoms with E-state index >= 15 is 0 Å². The summed E-state index contributed by atoms with van der Waals surface area (Å²) in [5.74, 6) is -4.02. The molecule has 0 unspecified atom stereocenters. The van der Waals surface area contributed by atoms with Crippen molar-refractivity contribution in [3.63, 3.8) is 0 Å². The van der Waals surface area contributed by atoms with Gasteiger partial charge in [-0.25, -0.2) is 4.79 Å². The topological polar surface area (TPSA) is 149 Å². The van der Waals surface area contributed by atoms with E-state index in [0.29, 0.717) is 12.0 Å². The lowest BCUT2D eigenvalue weighted by Crippen LogP contribution is -2.51. The lowest BCUT2D eigenvalue weighted by molar-refractivity contribution is -0.317. The van der Waals surface area contributed by atoms with Gasteiger partial charge in [-0.3, -0.25) is 4.79 Å². The van der Waals surface area contributed by atoms with Gasteiger partial charge in [0.05, 0.1) is 12.0 Å². The van der Waals surface area contributed by atoms with E-state index in [-0.39, 0.29) is 5.75 Å². The Bertz CT molecular complexity index is 917. The van der Waals surface area contributed by atoms with Gasteiger partial charge >= 0.3 is 5.63 Å². The molecule has 0 aliphatic heterocycles. The van der Waals surface area contributed by atoms with Crippen molar-refractivity contribution in [1.29, 1.82) is 0 Å². The first kappa shape index (κ1) is 20.0. The van der Waals surface area contributed by atoms with Crippen LogP contribution in [0, 0.1) is 0 Å². The van der Waals surface area contributed by atoms with Crippen molar-refractivity contribution in [1.82, 2.24) is 5.32 Å². The van der Waals surface area contributed by atoms with Crippen LogP contribution in [-0.2, 0) is 20.8 Å². The third kappa shape index (κ3) is 5.56. The summed E-state index contributed by atoms with van der Waals surface area (Å²) in [6.07, 6.45) is 0.631. The number of carboxylic acids is 2. The molecule has 0 aliphatic carbocycles. The van der Waals surface area contributed by atoms with Crippen LogP contribution in [0.15, 0.2) is 33.5 Å². The highest BCUT2D eigenvalue weighted by molar-refractivity contribution is 5.86. The van der Waals surface area contributed by atoms with Crippen molar-refractivity contribution in [3.8, 4) is 5.75 Å². The van der Waals surface area contributed by atoms with E-state index in [1.807, 2.05) is 12.2 Å². The molecule has 1 N–H and O–H groups in total. The second-order valence-electron chi connectivity index (χ2n) is 5.80. The maximum Gasteiger partial charge on any atom is 0.336 e. The number of ether oxygens (including phenoxy) is 1. The smallest absolute Gasteiger partial charge is 0.336 e. The zero-order valence-electron chi connectivity index (χ0n) is 14.5. The molecule has 0 saturated heterocycles. The standard InChI is InChI=1S/C18H19NO8/c1-2-3-10-6-17(23)27-14-7-11(4-5-12(10)14)26-9-15(20)19-13(18(24)25)8-16(21)22/h4-7,13H,2-3,8-9H2,1H3,(H,19,20)(H,21,22)(H,24,25)/p-2/t13-/m0/s1. The molecule has 9 nitrogen and oxygen atoms in total. The number of hydrogen-bond acceptors (Lipinski definition) is 8. The lowest BCUT2D eigenvalue weighted by atomic mass is 10.1. The summed E-state index contributed by atoms with van der Waals surface area (Å²) < 4.78 is 10.4. The van der Waals surface area contributed by atoms with Gasteiger partial charge in [-0.05, 0) is 24.1 Å². The number of carbonyl (C=O) groups is 3. The van der Waals surface area contributed by atoms with E-state index in [1.54, 1.807) is 12.1 Å². The molecule has 0 radical (unpaired) electrons. The van der Waals surface area contributed by atoms with Crippen molar-refractivity contribution in [2.45, 2.75) is 32.2 Å². The fourth-order valence-corrected chi connectivity index (χ4v) is 2.52. The summed E-state index contributed by atoms with van der Waals surface area (Å²) in [4.78, 5) is 44.7. The number of rotatable bonds is 9. The molecule has 0 fully saturated rings. The quantitative estimate of drug-likeness (QED) is 0.520. The van der Waals surface area contributed by atoms with Gasteiger partial charge in [-0.15, -0.1) is 0 Å². The van der Waals surface area contributed by atoms with Gasteiger partial charge in [0.15, 0.2) is 6.61 Å². The summed E-state index contributed by atoms with van der Waals surface area (Å²) in [5.41, 5.74) is 0.639. The molecule has 1 aromatic carbocycles. The first-order valence-electron chi connectivity index (χ1n) is 8.19. The molecule has 27 heavy (non-hydrogen) atoms. The average molecular weight is 375 g/mol. The van der Waals surface area contributed by atoms with E-state index in [9.17, 15) is 29.4 Å². The van der Waals surface area contributed by atoms with E-state index in [4.69, 9.17) is 9.15 Å².